The average molecular weight is 251 g/mol. The SMILES string of the molecule is Cc1ccc(-c2nc3ccc(CN)cc3n2C)cc1. The topological polar surface area (TPSA) is 43.8 Å². The van der Waals surface area contributed by atoms with Crippen molar-refractivity contribution in [3.8, 4) is 11.4 Å². The van der Waals surface area contributed by atoms with Crippen molar-refractivity contribution < 1.29 is 0 Å². The van der Waals surface area contributed by atoms with Crippen LogP contribution in [0.4, 0.5) is 0 Å². The molecule has 3 heteroatoms. The lowest BCUT2D eigenvalue weighted by Gasteiger charge is -2.03. The van der Waals surface area contributed by atoms with Gasteiger partial charge in [-0.3, -0.25) is 0 Å². The number of imidazole rings is 1. The van der Waals surface area contributed by atoms with Crippen molar-refractivity contribution in [2.45, 2.75) is 13.5 Å². The largest absolute Gasteiger partial charge is 0.327 e. The van der Waals surface area contributed by atoms with Gasteiger partial charge in [-0.1, -0.05) is 35.9 Å². The quantitative estimate of drug-likeness (QED) is 0.761. The predicted molar refractivity (Wildman–Crippen MR) is 78.8 cm³/mol. The number of hydrogen-bond acceptors (Lipinski definition) is 2. The molecule has 0 fully saturated rings. The first kappa shape index (κ1) is 11.9. The van der Waals surface area contributed by atoms with Crippen molar-refractivity contribution in [2.24, 2.45) is 12.8 Å². The summed E-state index contributed by atoms with van der Waals surface area (Å²) in [5, 5.41) is 0. The summed E-state index contributed by atoms with van der Waals surface area (Å²) in [6.45, 7) is 2.65. The number of nitrogens with zero attached hydrogens (tertiary/aromatic N) is 2. The summed E-state index contributed by atoms with van der Waals surface area (Å²) >= 11 is 0. The van der Waals surface area contributed by atoms with Crippen LogP contribution in [0.2, 0.25) is 0 Å². The molecule has 0 unspecified atom stereocenters. The van der Waals surface area contributed by atoms with Crippen molar-refractivity contribution in [1.82, 2.24) is 9.55 Å². The third kappa shape index (κ3) is 2.02. The van der Waals surface area contributed by atoms with E-state index < -0.39 is 0 Å². The number of hydrogen-bond donors (Lipinski definition) is 1. The molecule has 0 bridgehead atoms. The van der Waals surface area contributed by atoms with E-state index in [9.17, 15) is 0 Å². The molecule has 3 aromatic rings. The van der Waals surface area contributed by atoms with Crippen molar-refractivity contribution in [1.29, 1.82) is 0 Å². The molecule has 0 spiro atoms. The van der Waals surface area contributed by atoms with Gasteiger partial charge in [0.1, 0.15) is 5.82 Å². The number of benzene rings is 2. The highest BCUT2D eigenvalue weighted by molar-refractivity contribution is 5.81. The Morgan fingerprint density at radius 3 is 2.53 bits per heavy atom. The molecule has 0 amide bonds. The third-order valence-electron chi connectivity index (χ3n) is 3.49. The molecule has 1 aromatic heterocycles. The molecule has 0 aliphatic heterocycles. The van der Waals surface area contributed by atoms with E-state index in [4.69, 9.17) is 10.7 Å². The molecule has 0 aliphatic rings. The van der Waals surface area contributed by atoms with Gasteiger partial charge in [0.15, 0.2) is 0 Å². The first-order chi connectivity index (χ1) is 9.19. The fourth-order valence-electron chi connectivity index (χ4n) is 2.32. The van der Waals surface area contributed by atoms with Crippen LogP contribution in [0.1, 0.15) is 11.1 Å². The Labute approximate surface area is 112 Å². The van der Waals surface area contributed by atoms with Gasteiger partial charge in [-0.05, 0) is 24.6 Å². The first-order valence-corrected chi connectivity index (χ1v) is 6.41. The standard InChI is InChI=1S/C16H17N3/c1-11-3-6-13(7-4-11)16-18-14-8-5-12(10-17)9-15(14)19(16)2/h3-9H,10,17H2,1-2H3. The van der Waals surface area contributed by atoms with Crippen molar-refractivity contribution in [2.75, 3.05) is 0 Å². The van der Waals surface area contributed by atoms with E-state index in [1.54, 1.807) is 0 Å². The molecule has 1 heterocycles. The van der Waals surface area contributed by atoms with E-state index in [1.165, 1.54) is 5.56 Å². The number of rotatable bonds is 2. The van der Waals surface area contributed by atoms with Crippen LogP contribution < -0.4 is 5.73 Å². The highest BCUT2D eigenvalue weighted by Gasteiger charge is 2.09. The number of fused-ring (bicyclic) bond motifs is 1. The van der Waals surface area contributed by atoms with Crippen LogP contribution in [0.25, 0.3) is 22.4 Å². The Balaban J connectivity index is 2.19. The smallest absolute Gasteiger partial charge is 0.140 e. The summed E-state index contributed by atoms with van der Waals surface area (Å²) in [4.78, 5) is 4.71. The van der Waals surface area contributed by atoms with Gasteiger partial charge >= 0.3 is 0 Å². The van der Waals surface area contributed by atoms with Crippen LogP contribution in [0, 0.1) is 6.92 Å². The Morgan fingerprint density at radius 1 is 1.11 bits per heavy atom. The summed E-state index contributed by atoms with van der Waals surface area (Å²) in [6, 6.07) is 14.6. The van der Waals surface area contributed by atoms with Gasteiger partial charge in [0.2, 0.25) is 0 Å². The molecule has 2 N–H and O–H groups in total. The van der Waals surface area contributed by atoms with E-state index in [1.807, 2.05) is 19.2 Å². The molecule has 0 atom stereocenters. The van der Waals surface area contributed by atoms with Crippen LogP contribution in [-0.4, -0.2) is 9.55 Å². The van der Waals surface area contributed by atoms with E-state index in [-0.39, 0.29) is 0 Å². The van der Waals surface area contributed by atoms with Gasteiger partial charge in [0.25, 0.3) is 0 Å². The van der Waals surface area contributed by atoms with Gasteiger partial charge in [-0.2, -0.15) is 0 Å². The molecule has 0 radical (unpaired) electrons. The number of aryl methyl sites for hydroxylation is 2. The zero-order valence-electron chi connectivity index (χ0n) is 11.2. The highest BCUT2D eigenvalue weighted by atomic mass is 15.1. The van der Waals surface area contributed by atoms with Crippen molar-refractivity contribution in [3.05, 3.63) is 53.6 Å². The summed E-state index contributed by atoms with van der Waals surface area (Å²) in [5.74, 6) is 0.990. The normalized spacial score (nSPS) is 11.1. The lowest BCUT2D eigenvalue weighted by atomic mass is 10.1. The second-order valence-electron chi connectivity index (χ2n) is 4.89. The molecular weight excluding hydrogens is 234 g/mol. The summed E-state index contributed by atoms with van der Waals surface area (Å²) in [7, 11) is 2.05. The second-order valence-corrected chi connectivity index (χ2v) is 4.89. The maximum absolute atomic E-state index is 5.70. The number of aromatic nitrogens is 2. The lowest BCUT2D eigenvalue weighted by molar-refractivity contribution is 0.956. The molecule has 2 aromatic carbocycles. The van der Waals surface area contributed by atoms with Crippen LogP contribution in [-0.2, 0) is 13.6 Å². The van der Waals surface area contributed by atoms with Crippen LogP contribution in [0.3, 0.4) is 0 Å². The fourth-order valence-corrected chi connectivity index (χ4v) is 2.32. The van der Waals surface area contributed by atoms with Crippen LogP contribution >= 0.6 is 0 Å². The van der Waals surface area contributed by atoms with Gasteiger partial charge in [0.05, 0.1) is 11.0 Å². The van der Waals surface area contributed by atoms with Gasteiger partial charge in [0, 0.05) is 19.2 Å². The maximum Gasteiger partial charge on any atom is 0.140 e. The Bertz CT molecular complexity index is 724. The van der Waals surface area contributed by atoms with Crippen molar-refractivity contribution >= 4 is 11.0 Å². The maximum atomic E-state index is 5.70. The third-order valence-corrected chi connectivity index (χ3v) is 3.49. The van der Waals surface area contributed by atoms with Crippen LogP contribution in [0.15, 0.2) is 42.5 Å². The highest BCUT2D eigenvalue weighted by Crippen LogP contribution is 2.24. The molecule has 3 rings (SSSR count). The molecule has 0 saturated heterocycles. The molecule has 3 nitrogen and oxygen atoms in total. The minimum atomic E-state index is 0.557. The Kier molecular flexibility index (Phi) is 2.84. The average Bonchev–Trinajstić information content (AvgIpc) is 2.76. The molecule has 0 saturated carbocycles. The Hall–Kier alpha value is -2.13. The summed E-state index contributed by atoms with van der Waals surface area (Å²) in [6.07, 6.45) is 0. The van der Waals surface area contributed by atoms with E-state index in [2.05, 4.69) is 41.8 Å². The van der Waals surface area contributed by atoms with Crippen molar-refractivity contribution in [3.63, 3.8) is 0 Å². The predicted octanol–water partition coefficient (Wildman–Crippen LogP) is 3.01. The van der Waals surface area contributed by atoms with E-state index in [0.717, 1.165) is 28.0 Å². The van der Waals surface area contributed by atoms with Gasteiger partial charge < -0.3 is 10.3 Å². The zero-order chi connectivity index (χ0) is 13.4. The second kappa shape index (κ2) is 4.52. The monoisotopic (exact) mass is 251 g/mol. The number of nitrogens with two attached hydrogens (primary N) is 1. The van der Waals surface area contributed by atoms with E-state index in [0.29, 0.717) is 6.54 Å². The first-order valence-electron chi connectivity index (χ1n) is 6.41. The minimum absolute atomic E-state index is 0.557. The molecular formula is C16H17N3. The molecule has 0 aliphatic carbocycles. The minimum Gasteiger partial charge on any atom is -0.327 e. The lowest BCUT2D eigenvalue weighted by Crippen LogP contribution is -1.97. The molecule has 19 heavy (non-hydrogen) atoms. The zero-order valence-corrected chi connectivity index (χ0v) is 11.2. The van der Waals surface area contributed by atoms with E-state index >= 15 is 0 Å². The summed E-state index contributed by atoms with van der Waals surface area (Å²) < 4.78 is 2.12. The summed E-state index contributed by atoms with van der Waals surface area (Å²) in [5.41, 5.74) is 11.4. The Morgan fingerprint density at radius 2 is 1.84 bits per heavy atom. The molecule has 96 valence electrons. The fraction of sp³-hybridized carbons (Fsp3) is 0.188. The van der Waals surface area contributed by atoms with Crippen LogP contribution in [0.5, 0.6) is 0 Å². The van der Waals surface area contributed by atoms with Gasteiger partial charge in [-0.25, -0.2) is 4.98 Å². The van der Waals surface area contributed by atoms with Gasteiger partial charge in [-0.15, -0.1) is 0 Å².